The standard InChI is InChI=1S/C28H33ClFN5O8/c1-16(2)24(32-28(39)41-3)14-42-15-43-27(38)25(36)12-20(31-26(37)23-13-35(40)34-33-23)10-17-4-6-18(7-5-17)21-11-19(29)8-9-22(21)30/h4-9,11,13,16,20,24-25,36,40H,10,12,14-15H2,1-3H3,(H,31,37)(H,32,39)/t20-,24-,25-/m1/s1. The van der Waals surface area contributed by atoms with Crippen LogP contribution in [-0.2, 0) is 25.4 Å². The number of alkyl carbamates (subject to hydrolysis) is 1. The molecule has 0 saturated carbocycles. The van der Waals surface area contributed by atoms with Crippen molar-refractivity contribution in [2.45, 2.75) is 44.9 Å². The van der Waals surface area contributed by atoms with Gasteiger partial charge in [0.2, 0.25) is 0 Å². The van der Waals surface area contributed by atoms with Crippen LogP contribution in [-0.4, -0.2) is 82.1 Å². The number of aliphatic hydroxyl groups excluding tert-OH is 1. The SMILES string of the molecule is COC(=O)N[C@H](COCOC(=O)[C@H](O)C[C@@H](Cc1ccc(-c2cc(Cl)ccc2F)cc1)NC(=O)c1cn(O)nn1)C(C)C. The van der Waals surface area contributed by atoms with Gasteiger partial charge < -0.3 is 35.2 Å². The molecule has 2 amide bonds. The lowest BCUT2D eigenvalue weighted by atomic mass is 9.97. The van der Waals surface area contributed by atoms with Crippen molar-refractivity contribution in [1.29, 1.82) is 0 Å². The van der Waals surface area contributed by atoms with Crippen molar-refractivity contribution in [3.63, 3.8) is 0 Å². The average Bonchev–Trinajstić information content (AvgIpc) is 3.42. The fourth-order valence-corrected chi connectivity index (χ4v) is 4.16. The summed E-state index contributed by atoms with van der Waals surface area (Å²) in [5.41, 5.74) is 1.40. The lowest BCUT2D eigenvalue weighted by Crippen LogP contribution is -2.42. The molecule has 2 aromatic carbocycles. The van der Waals surface area contributed by atoms with E-state index in [4.69, 9.17) is 21.1 Å². The van der Waals surface area contributed by atoms with Crippen molar-refractivity contribution >= 4 is 29.6 Å². The highest BCUT2D eigenvalue weighted by atomic mass is 35.5. The third-order valence-corrected chi connectivity index (χ3v) is 6.62. The molecule has 1 heterocycles. The Balaban J connectivity index is 1.64. The first-order valence-corrected chi connectivity index (χ1v) is 13.6. The molecular formula is C28H33ClFN5O8. The van der Waals surface area contributed by atoms with Crippen molar-refractivity contribution in [3.8, 4) is 11.1 Å². The number of aliphatic hydroxyl groups is 1. The summed E-state index contributed by atoms with van der Waals surface area (Å²) in [5, 5.41) is 32.4. The van der Waals surface area contributed by atoms with Gasteiger partial charge in [0.25, 0.3) is 5.91 Å². The predicted molar refractivity (Wildman–Crippen MR) is 151 cm³/mol. The smallest absolute Gasteiger partial charge is 0.407 e. The highest BCUT2D eigenvalue weighted by molar-refractivity contribution is 6.30. The largest absolute Gasteiger partial charge is 0.453 e. The normalized spacial score (nSPS) is 13.2. The van der Waals surface area contributed by atoms with Gasteiger partial charge in [-0.1, -0.05) is 54.6 Å². The third kappa shape index (κ3) is 10.2. The number of halogens is 2. The summed E-state index contributed by atoms with van der Waals surface area (Å²) in [4.78, 5) is 37.0. The molecule has 4 N–H and O–H groups in total. The maximum absolute atomic E-state index is 14.3. The van der Waals surface area contributed by atoms with Crippen LogP contribution in [0.3, 0.4) is 0 Å². The Morgan fingerprint density at radius 1 is 1.12 bits per heavy atom. The minimum Gasteiger partial charge on any atom is -0.453 e. The fourth-order valence-electron chi connectivity index (χ4n) is 3.98. The molecule has 3 atom stereocenters. The number of hydrogen-bond acceptors (Lipinski definition) is 10. The number of amides is 2. The Labute approximate surface area is 251 Å². The zero-order chi connectivity index (χ0) is 31.5. The summed E-state index contributed by atoms with van der Waals surface area (Å²) in [6.45, 7) is 3.26. The van der Waals surface area contributed by atoms with E-state index in [0.717, 1.165) is 6.20 Å². The van der Waals surface area contributed by atoms with Gasteiger partial charge in [0.05, 0.1) is 26.0 Å². The van der Waals surface area contributed by atoms with Crippen LogP contribution < -0.4 is 10.6 Å². The van der Waals surface area contributed by atoms with E-state index in [1.807, 2.05) is 13.8 Å². The Morgan fingerprint density at radius 3 is 2.47 bits per heavy atom. The highest BCUT2D eigenvalue weighted by Gasteiger charge is 2.25. The van der Waals surface area contributed by atoms with E-state index in [1.54, 1.807) is 24.3 Å². The number of nitrogens with one attached hydrogen (secondary N) is 2. The molecule has 0 fully saturated rings. The quantitative estimate of drug-likeness (QED) is 0.0906. The molecule has 0 radical (unpaired) electrons. The number of nitrogens with zero attached hydrogens (tertiary/aromatic N) is 3. The number of aromatic nitrogens is 3. The summed E-state index contributed by atoms with van der Waals surface area (Å²) in [6.07, 6.45) is -1.37. The van der Waals surface area contributed by atoms with E-state index in [0.29, 0.717) is 26.6 Å². The number of rotatable bonds is 14. The van der Waals surface area contributed by atoms with E-state index in [1.165, 1.54) is 25.3 Å². The molecule has 0 saturated heterocycles. The molecule has 43 heavy (non-hydrogen) atoms. The van der Waals surface area contributed by atoms with Gasteiger partial charge in [0, 0.05) is 23.0 Å². The topological polar surface area (TPSA) is 174 Å². The zero-order valence-corrected chi connectivity index (χ0v) is 24.5. The lowest BCUT2D eigenvalue weighted by Gasteiger charge is -2.22. The first-order chi connectivity index (χ1) is 20.5. The van der Waals surface area contributed by atoms with E-state index < -0.39 is 48.8 Å². The molecule has 0 bridgehead atoms. The van der Waals surface area contributed by atoms with Crippen LogP contribution >= 0.6 is 11.6 Å². The summed E-state index contributed by atoms with van der Waals surface area (Å²) in [7, 11) is 1.24. The van der Waals surface area contributed by atoms with Crippen molar-refractivity contribution < 1.29 is 43.3 Å². The molecule has 0 unspecified atom stereocenters. The van der Waals surface area contributed by atoms with E-state index in [2.05, 4.69) is 25.7 Å². The van der Waals surface area contributed by atoms with Crippen LogP contribution in [0, 0.1) is 11.7 Å². The minimum atomic E-state index is -1.64. The Kier molecular flexibility index (Phi) is 12.2. The van der Waals surface area contributed by atoms with Gasteiger partial charge in [0.15, 0.2) is 18.6 Å². The monoisotopic (exact) mass is 621 g/mol. The summed E-state index contributed by atoms with van der Waals surface area (Å²) in [5.74, 6) is -2.14. The molecule has 15 heteroatoms. The van der Waals surface area contributed by atoms with Crippen LogP contribution in [0.4, 0.5) is 9.18 Å². The van der Waals surface area contributed by atoms with Crippen LogP contribution in [0.15, 0.2) is 48.7 Å². The highest BCUT2D eigenvalue weighted by Crippen LogP contribution is 2.26. The predicted octanol–water partition coefficient (Wildman–Crippen LogP) is 2.96. The third-order valence-electron chi connectivity index (χ3n) is 6.38. The first-order valence-electron chi connectivity index (χ1n) is 13.2. The van der Waals surface area contributed by atoms with Crippen molar-refractivity contribution in [1.82, 2.24) is 25.8 Å². The molecule has 0 aliphatic heterocycles. The molecule has 232 valence electrons. The fraction of sp³-hybridized carbons (Fsp3) is 0.393. The second kappa shape index (κ2) is 15.8. The number of benzene rings is 2. The van der Waals surface area contributed by atoms with Gasteiger partial charge in [0.1, 0.15) is 5.82 Å². The maximum atomic E-state index is 14.3. The van der Waals surface area contributed by atoms with Gasteiger partial charge in [-0.15, -0.1) is 5.10 Å². The van der Waals surface area contributed by atoms with Gasteiger partial charge in [-0.2, -0.15) is 0 Å². The van der Waals surface area contributed by atoms with E-state index in [-0.39, 0.29) is 31.1 Å². The van der Waals surface area contributed by atoms with Crippen LogP contribution in [0.5, 0.6) is 0 Å². The van der Waals surface area contributed by atoms with Crippen molar-refractivity contribution in [3.05, 3.63) is 70.8 Å². The molecule has 3 aromatic rings. The molecule has 0 aliphatic carbocycles. The van der Waals surface area contributed by atoms with Crippen LogP contribution in [0.1, 0.15) is 36.3 Å². The average molecular weight is 622 g/mol. The number of carbonyl (C=O) groups excluding carboxylic acids is 3. The molecule has 13 nitrogen and oxygen atoms in total. The zero-order valence-electron chi connectivity index (χ0n) is 23.7. The Morgan fingerprint density at radius 2 is 1.84 bits per heavy atom. The van der Waals surface area contributed by atoms with E-state index >= 15 is 0 Å². The Hall–Kier alpha value is -4.27. The molecule has 0 aliphatic rings. The summed E-state index contributed by atoms with van der Waals surface area (Å²) < 4.78 is 29.3. The second-order valence-corrected chi connectivity index (χ2v) is 10.3. The molecular weight excluding hydrogens is 589 g/mol. The van der Waals surface area contributed by atoms with Gasteiger partial charge >= 0.3 is 12.1 Å². The number of esters is 1. The number of ether oxygens (including phenoxy) is 3. The van der Waals surface area contributed by atoms with Crippen LogP contribution in [0.25, 0.3) is 11.1 Å². The summed E-state index contributed by atoms with van der Waals surface area (Å²) >= 11 is 6.01. The maximum Gasteiger partial charge on any atom is 0.407 e. The van der Waals surface area contributed by atoms with Gasteiger partial charge in [-0.05, 0) is 46.9 Å². The number of methoxy groups -OCH3 is 1. The minimum absolute atomic E-state index is 0.00391. The van der Waals surface area contributed by atoms with Gasteiger partial charge in [-0.3, -0.25) is 4.79 Å². The van der Waals surface area contributed by atoms with Gasteiger partial charge in [-0.25, -0.2) is 14.0 Å². The number of carbonyl (C=O) groups is 3. The molecule has 0 spiro atoms. The molecule has 3 rings (SSSR count). The number of hydrogen-bond donors (Lipinski definition) is 4. The second-order valence-electron chi connectivity index (χ2n) is 9.91. The van der Waals surface area contributed by atoms with E-state index in [9.17, 15) is 29.1 Å². The van der Waals surface area contributed by atoms with Crippen molar-refractivity contribution in [2.75, 3.05) is 20.5 Å². The lowest BCUT2D eigenvalue weighted by molar-refractivity contribution is -0.167. The first kappa shape index (κ1) is 33.2. The Bertz CT molecular complexity index is 1390. The summed E-state index contributed by atoms with van der Waals surface area (Å²) in [6, 6.07) is 9.81. The molecule has 1 aromatic heterocycles. The van der Waals surface area contributed by atoms with Crippen molar-refractivity contribution in [2.24, 2.45) is 5.92 Å². The van der Waals surface area contributed by atoms with Crippen LogP contribution in [0.2, 0.25) is 5.02 Å².